The van der Waals surface area contributed by atoms with Crippen LogP contribution in [0, 0.1) is 0 Å². The van der Waals surface area contributed by atoms with Crippen LogP contribution in [-0.4, -0.2) is 11.9 Å². The van der Waals surface area contributed by atoms with E-state index in [9.17, 15) is 9.59 Å². The second-order valence-electron chi connectivity index (χ2n) is 21.0. The van der Waals surface area contributed by atoms with Gasteiger partial charge in [-0.15, -0.1) is 0 Å². The van der Waals surface area contributed by atoms with Gasteiger partial charge in [-0.1, -0.05) is 184 Å². The monoisotopic (exact) mass is 1030 g/mol. The summed E-state index contributed by atoms with van der Waals surface area (Å²) in [5.74, 6) is -0.322. The lowest BCUT2D eigenvalue weighted by molar-refractivity contribution is -0.150. The summed E-state index contributed by atoms with van der Waals surface area (Å²) in [7, 11) is 0. The molecule has 0 saturated carbocycles. The molecule has 0 bridgehead atoms. The highest BCUT2D eigenvalue weighted by molar-refractivity contribution is 5.92. The third-order valence-corrected chi connectivity index (χ3v) is 16.2. The topological polar surface area (TPSA) is 59.1 Å². The molecule has 0 saturated heterocycles. The highest BCUT2D eigenvalue weighted by Gasteiger charge is 2.46. The summed E-state index contributed by atoms with van der Waals surface area (Å²) in [6.45, 7) is 4.01. The lowest BCUT2D eigenvalue weighted by Crippen LogP contribution is -2.28. The number of carbonyl (C=O) groups is 2. The molecule has 6 heteroatoms. The van der Waals surface area contributed by atoms with Gasteiger partial charge >= 0.3 is 11.9 Å². The van der Waals surface area contributed by atoms with Crippen LogP contribution in [0.3, 0.4) is 0 Å². The fourth-order valence-electron chi connectivity index (χ4n) is 12.5. The number of benzene rings is 10. The Hall–Kier alpha value is -9.26. The number of rotatable bonds is 14. The van der Waals surface area contributed by atoms with Gasteiger partial charge in [-0.3, -0.25) is 9.59 Å². The number of hydrogen-bond donors (Lipinski definition) is 0. The van der Waals surface area contributed by atoms with Crippen molar-refractivity contribution in [1.82, 2.24) is 0 Å². The molecule has 0 radical (unpaired) electrons. The number of fused-ring (bicyclic) bond motifs is 7. The Morgan fingerprint density at radius 2 is 0.785 bits per heavy atom. The van der Waals surface area contributed by atoms with Crippen molar-refractivity contribution in [2.45, 2.75) is 70.0 Å². The zero-order chi connectivity index (χ0) is 53.5. The number of esters is 2. The normalized spacial score (nSPS) is 15.4. The average molecular weight is 1030 g/mol. The highest BCUT2D eigenvalue weighted by atomic mass is 16.5. The van der Waals surface area contributed by atoms with E-state index in [1.807, 2.05) is 13.8 Å². The van der Waals surface area contributed by atoms with Crippen molar-refractivity contribution in [1.29, 1.82) is 0 Å². The van der Waals surface area contributed by atoms with E-state index in [2.05, 4.69) is 252 Å². The Labute approximate surface area is 462 Å². The minimum absolute atomic E-state index is 0.161. The first kappa shape index (κ1) is 49.3. The first-order valence-electron chi connectivity index (χ1n) is 27.9. The second-order valence-corrected chi connectivity index (χ2v) is 21.0. The lowest BCUT2D eigenvalue weighted by Gasteiger charge is -2.35. The quantitative estimate of drug-likeness (QED) is 0.101. The van der Waals surface area contributed by atoms with Gasteiger partial charge in [-0.2, -0.15) is 0 Å². The van der Waals surface area contributed by atoms with Gasteiger partial charge in [0.05, 0.1) is 5.41 Å². The summed E-state index contributed by atoms with van der Waals surface area (Å²) in [4.78, 5) is 30.2. The van der Waals surface area contributed by atoms with Crippen LogP contribution in [-0.2, 0) is 24.5 Å². The Morgan fingerprint density at radius 1 is 0.418 bits per heavy atom. The van der Waals surface area contributed by atoms with Crippen LogP contribution in [0.25, 0.3) is 44.8 Å². The summed E-state index contributed by atoms with van der Waals surface area (Å²) in [6.07, 6.45) is 11.5. The molecule has 0 aliphatic heterocycles. The first-order chi connectivity index (χ1) is 38.9. The zero-order valence-electron chi connectivity index (χ0n) is 44.5. The summed E-state index contributed by atoms with van der Waals surface area (Å²) in [6, 6.07) is 79.6. The van der Waals surface area contributed by atoms with Crippen molar-refractivity contribution < 1.29 is 19.1 Å². The van der Waals surface area contributed by atoms with E-state index in [1.165, 1.54) is 33.0 Å². The summed E-state index contributed by atoms with van der Waals surface area (Å²) in [5, 5.41) is 4.67. The zero-order valence-corrected chi connectivity index (χ0v) is 44.5. The van der Waals surface area contributed by atoms with Crippen LogP contribution in [0.1, 0.15) is 109 Å². The molecule has 0 fully saturated rings. The predicted molar refractivity (Wildman–Crippen MR) is 323 cm³/mol. The van der Waals surface area contributed by atoms with Crippen LogP contribution in [0.4, 0.5) is 34.1 Å². The Morgan fingerprint density at radius 3 is 1.22 bits per heavy atom. The molecule has 0 heterocycles. The average Bonchev–Trinajstić information content (AvgIpc) is 3.94. The Balaban J connectivity index is 0.932. The Bertz CT molecular complexity index is 3760. The molecule has 0 amide bonds. The standard InChI is InChI=1S/C73H60N2O4/c1-3-15-71(76)78-69-27-13-21-53-47-61(41-43-63(53)69)74(59-35-29-49-17-5-7-19-51(49)45-59)57-37-31-55(32-38-57)73(67-25-11-9-23-65(67)66-24-10-12-26-68(66)73)56-33-39-58(40-34-56)75(60-36-30-50-18-6-8-20-52(50)46-60)62-42-44-64-54(48-62)22-14-28-70(64)79-72(77)16-4-2/h5-14,17-26,29-48,69-70H,3-4,15-16,27-28H2,1-2H3. The van der Waals surface area contributed by atoms with Crippen molar-refractivity contribution in [2.24, 2.45) is 0 Å². The minimum Gasteiger partial charge on any atom is -0.457 e. The molecule has 79 heavy (non-hydrogen) atoms. The van der Waals surface area contributed by atoms with Gasteiger partial charge in [0, 0.05) is 70.9 Å². The third-order valence-electron chi connectivity index (χ3n) is 16.2. The summed E-state index contributed by atoms with van der Waals surface area (Å²) < 4.78 is 12.0. The first-order valence-corrected chi connectivity index (χ1v) is 27.9. The van der Waals surface area contributed by atoms with E-state index < -0.39 is 5.41 Å². The fraction of sp³-hybridized carbons (Fsp3) is 0.151. The van der Waals surface area contributed by atoms with Crippen LogP contribution >= 0.6 is 0 Å². The van der Waals surface area contributed by atoms with Crippen molar-refractivity contribution in [3.8, 4) is 11.1 Å². The number of ether oxygens (including phenoxy) is 2. The van der Waals surface area contributed by atoms with E-state index in [1.54, 1.807) is 0 Å². The van der Waals surface area contributed by atoms with Crippen LogP contribution in [0.15, 0.2) is 231 Å². The van der Waals surface area contributed by atoms with Gasteiger partial charge in [0.2, 0.25) is 0 Å². The van der Waals surface area contributed by atoms with Crippen molar-refractivity contribution in [2.75, 3.05) is 9.80 Å². The molecule has 13 rings (SSSR count). The second kappa shape index (κ2) is 20.9. The van der Waals surface area contributed by atoms with E-state index in [0.717, 1.165) is 91.1 Å². The third kappa shape index (κ3) is 8.97. The molecule has 386 valence electrons. The number of anilines is 6. The minimum atomic E-state index is -0.659. The fourth-order valence-corrected chi connectivity index (χ4v) is 12.5. The molecular weight excluding hydrogens is 969 g/mol. The maximum atomic E-state index is 12.7. The van der Waals surface area contributed by atoms with E-state index in [-0.39, 0.29) is 24.1 Å². The van der Waals surface area contributed by atoms with E-state index in [4.69, 9.17) is 9.47 Å². The van der Waals surface area contributed by atoms with Gasteiger partial charge in [-0.25, -0.2) is 0 Å². The molecule has 2 atom stereocenters. The van der Waals surface area contributed by atoms with Crippen LogP contribution in [0.2, 0.25) is 0 Å². The predicted octanol–water partition coefficient (Wildman–Crippen LogP) is 18.9. The summed E-state index contributed by atoms with van der Waals surface area (Å²) >= 11 is 0. The van der Waals surface area contributed by atoms with Crippen LogP contribution < -0.4 is 9.80 Å². The molecule has 6 nitrogen and oxygen atoms in total. The largest absolute Gasteiger partial charge is 0.457 e. The maximum absolute atomic E-state index is 12.7. The van der Waals surface area contributed by atoms with Crippen molar-refractivity contribution in [3.05, 3.63) is 275 Å². The van der Waals surface area contributed by atoms with E-state index in [0.29, 0.717) is 25.7 Å². The Kier molecular flexibility index (Phi) is 13.1. The molecule has 0 spiro atoms. The van der Waals surface area contributed by atoms with Gasteiger partial charge in [0.15, 0.2) is 0 Å². The SMILES string of the molecule is CCCC(=O)OC1CC=Cc2cc(N(c3ccc(C4(c5ccc(N(c6ccc7c(c6)C=CCC7OC(=O)CCC)c6ccc7ccccc7c6)cc5)c5ccccc5-c5ccccc54)cc3)c3ccc4ccccc4c3)ccc21. The molecule has 10 aromatic carbocycles. The van der Waals surface area contributed by atoms with E-state index >= 15 is 0 Å². The molecule has 0 N–H and O–H groups in total. The maximum Gasteiger partial charge on any atom is 0.306 e. The number of carbonyl (C=O) groups excluding carboxylic acids is 2. The molecule has 2 unspecified atom stereocenters. The smallest absolute Gasteiger partial charge is 0.306 e. The lowest BCUT2D eigenvalue weighted by atomic mass is 9.67. The molecular formula is C73H60N2O4. The van der Waals surface area contributed by atoms with Gasteiger partial charge in [0.25, 0.3) is 0 Å². The number of hydrogen-bond acceptors (Lipinski definition) is 6. The molecule has 3 aliphatic rings. The number of nitrogens with zero attached hydrogens (tertiary/aromatic N) is 2. The van der Waals surface area contributed by atoms with Gasteiger partial charge < -0.3 is 19.3 Å². The van der Waals surface area contributed by atoms with Crippen molar-refractivity contribution >= 4 is 79.8 Å². The van der Waals surface area contributed by atoms with Crippen LogP contribution in [0.5, 0.6) is 0 Å². The molecule has 0 aromatic heterocycles. The van der Waals surface area contributed by atoms with Crippen molar-refractivity contribution in [3.63, 3.8) is 0 Å². The molecule has 3 aliphatic carbocycles. The molecule has 10 aromatic rings. The van der Waals surface area contributed by atoms with Gasteiger partial charge in [0.1, 0.15) is 12.2 Å². The van der Waals surface area contributed by atoms with Gasteiger partial charge in [-0.05, 0) is 152 Å². The summed E-state index contributed by atoms with van der Waals surface area (Å²) in [5.41, 5.74) is 16.9. The highest BCUT2D eigenvalue weighted by Crippen LogP contribution is 2.57.